The van der Waals surface area contributed by atoms with Gasteiger partial charge < -0.3 is 14.6 Å². The summed E-state index contributed by atoms with van der Waals surface area (Å²) in [6.07, 6.45) is 6.47. The minimum absolute atomic E-state index is 0.0658. The van der Waals surface area contributed by atoms with E-state index in [-0.39, 0.29) is 23.0 Å². The molecular formula is C18H27N3O3. The van der Waals surface area contributed by atoms with E-state index in [2.05, 4.69) is 10.5 Å². The van der Waals surface area contributed by atoms with E-state index in [4.69, 9.17) is 14.2 Å². The van der Waals surface area contributed by atoms with E-state index in [0.717, 1.165) is 38.0 Å². The molecular weight excluding hydrogens is 306 g/mol. The molecule has 1 aromatic heterocycles. The Morgan fingerprint density at radius 2 is 2.08 bits per heavy atom. The molecule has 5 rings (SSSR count). The van der Waals surface area contributed by atoms with Crippen LogP contribution in [0.1, 0.15) is 77.1 Å². The Balaban J connectivity index is 1.64. The van der Waals surface area contributed by atoms with Crippen LogP contribution in [-0.2, 0) is 14.9 Å². The summed E-state index contributed by atoms with van der Waals surface area (Å²) in [5.41, 5.74) is -0.139. The number of carbonyl (C=O) groups excluding carboxylic acids is 1. The normalized spacial score (nSPS) is 38.3. The molecule has 0 aromatic carbocycles. The fourth-order valence-corrected chi connectivity index (χ4v) is 5.97. The van der Waals surface area contributed by atoms with Crippen LogP contribution < -0.4 is 5.32 Å². The lowest BCUT2D eigenvalue weighted by atomic mass is 9.46. The van der Waals surface area contributed by atoms with Crippen LogP contribution in [0.2, 0.25) is 0 Å². The van der Waals surface area contributed by atoms with Crippen molar-refractivity contribution in [3.8, 4) is 0 Å². The Morgan fingerprint density at radius 3 is 2.71 bits per heavy atom. The van der Waals surface area contributed by atoms with Gasteiger partial charge in [0.15, 0.2) is 5.82 Å². The highest BCUT2D eigenvalue weighted by atomic mass is 16.5. The lowest BCUT2D eigenvalue weighted by Crippen LogP contribution is -2.64. The molecule has 4 aliphatic rings. The molecule has 1 N–H and O–H groups in total. The topological polar surface area (TPSA) is 77.3 Å². The molecule has 1 aromatic rings. The third kappa shape index (κ3) is 2.55. The molecule has 6 nitrogen and oxygen atoms in total. The third-order valence-electron chi connectivity index (χ3n) is 6.18. The second-order valence-corrected chi connectivity index (χ2v) is 8.26. The molecule has 4 bridgehead atoms. The van der Waals surface area contributed by atoms with Gasteiger partial charge in [-0.2, -0.15) is 4.98 Å². The van der Waals surface area contributed by atoms with E-state index in [1.807, 2.05) is 13.8 Å². The first kappa shape index (κ1) is 16.1. The van der Waals surface area contributed by atoms with Crippen LogP contribution in [0.4, 0.5) is 0 Å². The molecule has 0 unspecified atom stereocenters. The van der Waals surface area contributed by atoms with Gasteiger partial charge in [0.05, 0.1) is 5.41 Å². The van der Waals surface area contributed by atoms with Crippen molar-refractivity contribution in [3.05, 3.63) is 11.7 Å². The summed E-state index contributed by atoms with van der Waals surface area (Å²) >= 11 is 0. The largest absolute Gasteiger partial charge is 0.371 e. The number of nitrogens with zero attached hydrogens (tertiary/aromatic N) is 2. The molecule has 1 heterocycles. The van der Waals surface area contributed by atoms with Crippen molar-refractivity contribution in [2.45, 2.75) is 76.4 Å². The first-order valence-electron chi connectivity index (χ1n) is 9.18. The summed E-state index contributed by atoms with van der Waals surface area (Å²) < 4.78 is 11.3. The number of amides is 1. The first-order chi connectivity index (χ1) is 11.4. The second kappa shape index (κ2) is 5.55. The number of hydrogen-bond donors (Lipinski definition) is 1. The molecule has 0 spiro atoms. The molecule has 0 radical (unpaired) electrons. The van der Waals surface area contributed by atoms with Gasteiger partial charge in [-0.3, -0.25) is 4.79 Å². The van der Waals surface area contributed by atoms with E-state index in [1.54, 1.807) is 6.92 Å². The number of aromatic nitrogens is 2. The van der Waals surface area contributed by atoms with Crippen LogP contribution in [0.5, 0.6) is 0 Å². The second-order valence-electron chi connectivity index (χ2n) is 8.26. The number of carbonyl (C=O) groups is 1. The molecule has 4 fully saturated rings. The van der Waals surface area contributed by atoms with Gasteiger partial charge in [-0.15, -0.1) is 0 Å². The monoisotopic (exact) mass is 333 g/mol. The van der Waals surface area contributed by atoms with Gasteiger partial charge in [-0.05, 0) is 64.2 Å². The van der Waals surface area contributed by atoms with Gasteiger partial charge in [-0.1, -0.05) is 5.16 Å². The van der Waals surface area contributed by atoms with Gasteiger partial charge in [-0.25, -0.2) is 0 Å². The van der Waals surface area contributed by atoms with Crippen LogP contribution in [0.3, 0.4) is 0 Å². The van der Waals surface area contributed by atoms with Crippen LogP contribution >= 0.6 is 0 Å². The fraction of sp³-hybridized carbons (Fsp3) is 0.833. The first-order valence-corrected chi connectivity index (χ1v) is 9.18. The SMILES string of the molecule is CCO[C@H](C)c1noc(C23C[C@H]4C[C@@H](CC(NC(C)=O)(C4)C2)C3)n1. The van der Waals surface area contributed by atoms with E-state index in [1.165, 1.54) is 6.42 Å². The summed E-state index contributed by atoms with van der Waals surface area (Å²) in [6, 6.07) is 0. The van der Waals surface area contributed by atoms with Gasteiger partial charge in [0.2, 0.25) is 11.8 Å². The zero-order valence-electron chi connectivity index (χ0n) is 14.8. The molecule has 132 valence electrons. The highest BCUT2D eigenvalue weighted by Crippen LogP contribution is 2.62. The summed E-state index contributed by atoms with van der Waals surface area (Å²) in [7, 11) is 0. The van der Waals surface area contributed by atoms with Gasteiger partial charge in [0.1, 0.15) is 6.10 Å². The highest BCUT2D eigenvalue weighted by Gasteiger charge is 2.60. The van der Waals surface area contributed by atoms with Crippen LogP contribution in [0.25, 0.3) is 0 Å². The van der Waals surface area contributed by atoms with Crippen molar-refractivity contribution in [2.75, 3.05) is 6.61 Å². The Kier molecular flexibility index (Phi) is 3.71. The van der Waals surface area contributed by atoms with Crippen LogP contribution in [-0.4, -0.2) is 28.2 Å². The fourth-order valence-electron chi connectivity index (χ4n) is 5.97. The van der Waals surface area contributed by atoms with E-state index >= 15 is 0 Å². The van der Waals surface area contributed by atoms with Gasteiger partial charge >= 0.3 is 0 Å². The predicted octanol–water partition coefficient (Wildman–Crippen LogP) is 2.89. The zero-order valence-corrected chi connectivity index (χ0v) is 14.8. The number of rotatable bonds is 5. The minimum Gasteiger partial charge on any atom is -0.371 e. The maximum Gasteiger partial charge on any atom is 0.233 e. The number of nitrogens with one attached hydrogen (secondary N) is 1. The van der Waals surface area contributed by atoms with E-state index in [9.17, 15) is 4.79 Å². The quantitative estimate of drug-likeness (QED) is 0.896. The minimum atomic E-state index is -0.147. The maximum atomic E-state index is 11.8. The summed E-state index contributed by atoms with van der Waals surface area (Å²) in [6.45, 7) is 6.18. The standard InChI is InChI=1S/C18H27N3O3/c1-4-23-11(2)15-19-16(24-21-15)17-6-13-5-14(7-17)9-18(8-13,10-17)20-12(3)22/h11,13-14H,4-10H2,1-3H3,(H,20,22)/t11-,13-,14-,17?,18?/m1/s1. The maximum absolute atomic E-state index is 11.8. The van der Waals surface area contributed by atoms with Crippen molar-refractivity contribution in [1.29, 1.82) is 0 Å². The highest BCUT2D eigenvalue weighted by molar-refractivity contribution is 5.74. The Labute approximate surface area is 142 Å². The summed E-state index contributed by atoms with van der Waals surface area (Å²) in [5, 5.41) is 7.46. The molecule has 1 amide bonds. The summed E-state index contributed by atoms with van der Waals surface area (Å²) in [5.74, 6) is 2.77. The van der Waals surface area contributed by atoms with Crippen molar-refractivity contribution >= 4 is 5.91 Å². The molecule has 4 aliphatic carbocycles. The predicted molar refractivity (Wildman–Crippen MR) is 87.2 cm³/mol. The van der Waals surface area contributed by atoms with Crippen molar-refractivity contribution in [1.82, 2.24) is 15.5 Å². The van der Waals surface area contributed by atoms with Crippen LogP contribution in [0.15, 0.2) is 4.52 Å². The molecule has 24 heavy (non-hydrogen) atoms. The third-order valence-corrected chi connectivity index (χ3v) is 6.18. The Bertz CT molecular complexity index is 627. The Morgan fingerprint density at radius 1 is 1.38 bits per heavy atom. The molecule has 4 saturated carbocycles. The van der Waals surface area contributed by atoms with Gasteiger partial charge in [0.25, 0.3) is 0 Å². The van der Waals surface area contributed by atoms with Crippen LogP contribution in [0, 0.1) is 11.8 Å². The van der Waals surface area contributed by atoms with Gasteiger partial charge in [0, 0.05) is 19.1 Å². The van der Waals surface area contributed by atoms with Crippen molar-refractivity contribution in [3.63, 3.8) is 0 Å². The lowest BCUT2D eigenvalue weighted by molar-refractivity contribution is -0.126. The molecule has 3 atom stereocenters. The number of hydrogen-bond acceptors (Lipinski definition) is 5. The van der Waals surface area contributed by atoms with Crippen molar-refractivity contribution < 1.29 is 14.1 Å². The summed E-state index contributed by atoms with van der Waals surface area (Å²) in [4.78, 5) is 16.5. The van der Waals surface area contributed by atoms with E-state index in [0.29, 0.717) is 24.3 Å². The average molecular weight is 333 g/mol. The average Bonchev–Trinajstić information content (AvgIpc) is 2.95. The molecule has 0 aliphatic heterocycles. The van der Waals surface area contributed by atoms with E-state index < -0.39 is 0 Å². The molecule has 6 heteroatoms. The number of ether oxygens (including phenoxy) is 1. The smallest absolute Gasteiger partial charge is 0.233 e. The zero-order chi connectivity index (χ0) is 16.9. The Hall–Kier alpha value is -1.43. The van der Waals surface area contributed by atoms with Crippen molar-refractivity contribution in [2.24, 2.45) is 11.8 Å². The lowest BCUT2D eigenvalue weighted by Gasteiger charge is -2.60. The molecule has 0 saturated heterocycles.